The number of benzene rings is 1. The van der Waals surface area contributed by atoms with Crippen molar-refractivity contribution in [3.63, 3.8) is 0 Å². The third-order valence-corrected chi connectivity index (χ3v) is 7.41. The fourth-order valence-electron chi connectivity index (χ4n) is 3.97. The Balaban J connectivity index is 1.58. The number of nitrogens with one attached hydrogen (secondary N) is 1. The van der Waals surface area contributed by atoms with E-state index < -0.39 is 77.0 Å². The number of carbonyl (C=O) groups excluding carboxylic acids is 2. The quantitative estimate of drug-likeness (QED) is 0.228. The van der Waals surface area contributed by atoms with Crippen LogP contribution in [0.25, 0.3) is 0 Å². The molecule has 1 unspecified atom stereocenters. The average Bonchev–Trinajstić information content (AvgIpc) is 2.87. The molecule has 1 aliphatic heterocycles. The van der Waals surface area contributed by atoms with Crippen LogP contribution in [0.1, 0.15) is 27.3 Å². The number of hydrogen-bond acceptors (Lipinski definition) is 8. The molecule has 10 nitrogen and oxygen atoms in total. The van der Waals surface area contributed by atoms with Crippen LogP contribution in [-0.2, 0) is 22.3 Å². The number of likely N-dealkylation sites (tertiary alicyclic amines) is 1. The number of hydrogen-bond donors (Lipinski definition) is 1. The van der Waals surface area contributed by atoms with Crippen LogP contribution in [-0.4, -0.2) is 73.4 Å². The first-order valence-corrected chi connectivity index (χ1v) is 13.1. The summed E-state index contributed by atoms with van der Waals surface area (Å²) in [6, 6.07) is 7.41. The molecule has 0 spiro atoms. The lowest BCUT2D eigenvalue weighted by Crippen LogP contribution is -2.58. The van der Waals surface area contributed by atoms with Crippen LogP contribution in [0.4, 0.5) is 32.0 Å². The van der Waals surface area contributed by atoms with Gasteiger partial charge in [-0.05, 0) is 43.7 Å². The van der Waals surface area contributed by atoms with Gasteiger partial charge in [0, 0.05) is 11.8 Å². The molecule has 1 aromatic carbocycles. The van der Waals surface area contributed by atoms with E-state index in [1.54, 1.807) is 0 Å². The Hall–Kier alpha value is -3.96. The highest BCUT2D eigenvalue weighted by Crippen LogP contribution is 2.35. The zero-order valence-corrected chi connectivity index (χ0v) is 22.9. The van der Waals surface area contributed by atoms with Crippen LogP contribution in [0, 0.1) is 19.8 Å². The molecule has 3 heterocycles. The molecule has 4 rings (SSSR count). The van der Waals surface area contributed by atoms with Gasteiger partial charge < -0.3 is 14.6 Å². The van der Waals surface area contributed by atoms with E-state index >= 15 is 0 Å². The minimum Gasteiger partial charge on any atom is -0.588 e. The minimum absolute atomic E-state index is 0.00978. The van der Waals surface area contributed by atoms with Crippen molar-refractivity contribution in [1.82, 2.24) is 24.4 Å². The topological polar surface area (TPSA) is 124 Å². The van der Waals surface area contributed by atoms with Crippen molar-refractivity contribution < 1.29 is 45.2 Å². The molecule has 3 aromatic rings. The Labute approximate surface area is 238 Å². The summed E-state index contributed by atoms with van der Waals surface area (Å²) in [5.41, 5.74) is -2.67. The molecule has 0 radical (unpaired) electrons. The number of halogens is 6. The summed E-state index contributed by atoms with van der Waals surface area (Å²) in [7, 11) is 1.21. The predicted molar refractivity (Wildman–Crippen MR) is 136 cm³/mol. The van der Waals surface area contributed by atoms with Crippen molar-refractivity contribution in [3.05, 3.63) is 64.9 Å². The van der Waals surface area contributed by atoms with Gasteiger partial charge >= 0.3 is 6.18 Å². The van der Waals surface area contributed by atoms with Gasteiger partial charge in [-0.1, -0.05) is 6.07 Å². The van der Waals surface area contributed by atoms with E-state index in [1.807, 2.05) is 0 Å². The molecule has 1 atom stereocenters. The molecule has 1 aliphatic rings. The second kappa shape index (κ2) is 11.7. The largest absolute Gasteiger partial charge is 0.588 e. The second-order valence-electron chi connectivity index (χ2n) is 9.29. The fraction of sp³-hybridized carbons (Fsp3) is 0.320. The zero-order valence-electron chi connectivity index (χ0n) is 22.1. The summed E-state index contributed by atoms with van der Waals surface area (Å²) in [5.74, 6) is -6.21. The van der Waals surface area contributed by atoms with Crippen molar-refractivity contribution >= 4 is 28.9 Å². The van der Waals surface area contributed by atoms with Gasteiger partial charge in [-0.2, -0.15) is 21.9 Å². The van der Waals surface area contributed by atoms with Crippen molar-refractivity contribution in [2.45, 2.75) is 30.8 Å². The van der Waals surface area contributed by atoms with Crippen LogP contribution >= 0.6 is 0 Å². The summed E-state index contributed by atoms with van der Waals surface area (Å²) < 4.78 is 99.6. The van der Waals surface area contributed by atoms with Gasteiger partial charge in [0.1, 0.15) is 16.9 Å². The third kappa shape index (κ3) is 6.91. The monoisotopic (exact) mass is 616 g/mol. The van der Waals surface area contributed by atoms with Crippen LogP contribution in [0.3, 0.4) is 0 Å². The molecule has 2 aromatic heterocycles. The maximum absolute atomic E-state index is 13.6. The predicted octanol–water partition coefficient (Wildman–Crippen LogP) is 4.12. The van der Waals surface area contributed by atoms with E-state index in [-0.39, 0.29) is 28.6 Å². The minimum atomic E-state index is -4.96. The number of anilines is 1. The van der Waals surface area contributed by atoms with E-state index in [0.717, 1.165) is 23.4 Å². The molecule has 1 N–H and O–H groups in total. The highest BCUT2D eigenvalue weighted by atomic mass is 32.2. The maximum atomic E-state index is 13.6. The molecule has 42 heavy (non-hydrogen) atoms. The number of pyridine rings is 1. The number of carbonyl (C=O) groups is 2. The van der Waals surface area contributed by atoms with Gasteiger partial charge in [-0.3, -0.25) is 14.5 Å². The lowest BCUT2D eigenvalue weighted by Gasteiger charge is -2.38. The number of aryl methyl sites for hydroxylation is 1. The van der Waals surface area contributed by atoms with Gasteiger partial charge in [-0.15, -0.1) is 10.2 Å². The lowest BCUT2D eigenvalue weighted by atomic mass is 10.1. The Morgan fingerprint density at radius 1 is 1.17 bits per heavy atom. The number of ether oxygens (including phenoxy) is 1. The highest BCUT2D eigenvalue weighted by molar-refractivity contribution is 7.89. The SMILES string of the molecule is Cc1nc(F)ccc1Oc1nnc(C(F)(F)F)c(C)c1C(=O)Nc1cccc([S+]([O-])N(C)C(=O)CN2CC(F)(F)C2)c1. The van der Waals surface area contributed by atoms with Crippen molar-refractivity contribution in [2.24, 2.45) is 0 Å². The van der Waals surface area contributed by atoms with Crippen LogP contribution in [0.5, 0.6) is 11.6 Å². The van der Waals surface area contributed by atoms with Gasteiger partial charge in [0.05, 0.1) is 32.4 Å². The molecule has 224 valence electrons. The molecule has 1 fully saturated rings. The lowest BCUT2D eigenvalue weighted by molar-refractivity contribution is -0.147. The Kier molecular flexibility index (Phi) is 8.65. The van der Waals surface area contributed by atoms with Gasteiger partial charge in [0.25, 0.3) is 23.6 Å². The number of aromatic nitrogens is 3. The maximum Gasteiger partial charge on any atom is 0.435 e. The summed E-state index contributed by atoms with van der Waals surface area (Å²) in [6.45, 7) is 0.797. The normalized spacial score (nSPS) is 15.5. The Bertz CT molecular complexity index is 1520. The van der Waals surface area contributed by atoms with E-state index in [9.17, 15) is 40.5 Å². The first kappa shape index (κ1) is 31.0. The second-order valence-corrected chi connectivity index (χ2v) is 10.8. The van der Waals surface area contributed by atoms with Crippen molar-refractivity contribution in [2.75, 3.05) is 32.0 Å². The van der Waals surface area contributed by atoms with Gasteiger partial charge in [0.15, 0.2) is 16.3 Å². The third-order valence-electron chi connectivity index (χ3n) is 6.05. The van der Waals surface area contributed by atoms with Crippen molar-refractivity contribution in [1.29, 1.82) is 0 Å². The number of nitrogens with zero attached hydrogens (tertiary/aromatic N) is 5. The molecular weight excluding hydrogens is 594 g/mol. The smallest absolute Gasteiger partial charge is 0.435 e. The van der Waals surface area contributed by atoms with E-state index in [4.69, 9.17) is 4.74 Å². The standard InChI is InChI=1S/C25H22F6N6O4S/c1-13-20(23(35-34-21(13)25(29,30)31)41-17-7-8-18(26)32-14(17)2)22(39)33-15-5-4-6-16(9-15)42(40)36(3)19(38)10-37-11-24(27,28)12-37/h4-9H,10-12H2,1-3H3,(H,33,39). The number of rotatable bonds is 8. The summed E-state index contributed by atoms with van der Waals surface area (Å²) in [4.78, 5) is 30.5. The molecule has 0 aliphatic carbocycles. The molecule has 0 saturated carbocycles. The Morgan fingerprint density at radius 3 is 2.48 bits per heavy atom. The first-order valence-electron chi connectivity index (χ1n) is 12.0. The fourth-order valence-corrected chi connectivity index (χ4v) is 4.96. The Morgan fingerprint density at radius 2 is 1.86 bits per heavy atom. The van der Waals surface area contributed by atoms with E-state index in [1.165, 1.54) is 43.1 Å². The molecule has 0 bridgehead atoms. The molecule has 17 heteroatoms. The van der Waals surface area contributed by atoms with Crippen molar-refractivity contribution in [3.8, 4) is 11.6 Å². The summed E-state index contributed by atoms with van der Waals surface area (Å²) >= 11 is -2.11. The molecule has 1 saturated heterocycles. The first-order chi connectivity index (χ1) is 19.6. The number of likely N-dealkylation sites (N-methyl/N-ethyl adjacent to an activating group) is 1. The van der Waals surface area contributed by atoms with Crippen LogP contribution in [0.2, 0.25) is 0 Å². The van der Waals surface area contributed by atoms with Gasteiger partial charge in [-0.25, -0.2) is 13.8 Å². The van der Waals surface area contributed by atoms with Crippen LogP contribution < -0.4 is 10.1 Å². The average molecular weight is 617 g/mol. The van der Waals surface area contributed by atoms with E-state index in [2.05, 4.69) is 20.5 Å². The number of alkyl halides is 5. The molecular formula is C25H22F6N6O4S. The van der Waals surface area contributed by atoms with Crippen LogP contribution in [0.15, 0.2) is 41.3 Å². The van der Waals surface area contributed by atoms with Gasteiger partial charge in [0.2, 0.25) is 5.95 Å². The van der Waals surface area contributed by atoms with E-state index in [0.29, 0.717) is 0 Å². The summed E-state index contributed by atoms with van der Waals surface area (Å²) in [5, 5.41) is 8.99. The molecule has 2 amide bonds. The summed E-state index contributed by atoms with van der Waals surface area (Å²) in [6.07, 6.45) is -4.96. The zero-order chi connectivity index (χ0) is 31.0. The number of amides is 2. The highest BCUT2D eigenvalue weighted by Gasteiger charge is 2.45.